The average Bonchev–Trinajstić information content (AvgIpc) is 2.37. The molecule has 0 radical (unpaired) electrons. The Bertz CT molecular complexity index is 710. The lowest BCUT2D eigenvalue weighted by atomic mass is 10.1. The van der Waals surface area contributed by atoms with Gasteiger partial charge in [-0.05, 0) is 39.7 Å². The second-order valence-electron chi connectivity index (χ2n) is 3.82. The van der Waals surface area contributed by atoms with Crippen LogP contribution in [0.3, 0.4) is 0 Å². The molecule has 0 aliphatic rings. The van der Waals surface area contributed by atoms with Crippen LogP contribution in [0.25, 0.3) is 11.1 Å². The molecule has 100 valence electrons. The van der Waals surface area contributed by atoms with E-state index in [1.807, 2.05) is 0 Å². The molecule has 0 aliphatic heterocycles. The maximum Gasteiger partial charge on any atom is 0.295 e. The molecular weight excluding hydrogens is 332 g/mol. The molecule has 2 aromatic carbocycles. The van der Waals surface area contributed by atoms with Gasteiger partial charge in [0, 0.05) is 5.56 Å². The number of hydrogen-bond donors (Lipinski definition) is 1. The summed E-state index contributed by atoms with van der Waals surface area (Å²) >= 11 is 3.34. The Morgan fingerprint density at radius 2 is 1.84 bits per heavy atom. The summed E-state index contributed by atoms with van der Waals surface area (Å²) in [5, 5.41) is 0. The molecule has 0 saturated heterocycles. The molecule has 6 heteroatoms. The largest absolute Gasteiger partial charge is 0.496 e. The molecule has 0 atom stereocenters. The molecular formula is C13H11BrO4S. The van der Waals surface area contributed by atoms with Crippen LogP contribution < -0.4 is 4.74 Å². The third-order valence-electron chi connectivity index (χ3n) is 2.63. The van der Waals surface area contributed by atoms with Crippen molar-refractivity contribution in [3.63, 3.8) is 0 Å². The van der Waals surface area contributed by atoms with E-state index in [0.717, 1.165) is 0 Å². The zero-order valence-electron chi connectivity index (χ0n) is 10.00. The predicted octanol–water partition coefficient (Wildman–Crippen LogP) is 3.37. The molecule has 4 nitrogen and oxygen atoms in total. The lowest BCUT2D eigenvalue weighted by Crippen LogP contribution is -2.00. The molecule has 1 N–H and O–H groups in total. The second-order valence-corrected chi connectivity index (χ2v) is 6.06. The van der Waals surface area contributed by atoms with Crippen molar-refractivity contribution < 1.29 is 17.7 Å². The zero-order valence-corrected chi connectivity index (χ0v) is 12.4. The quantitative estimate of drug-likeness (QED) is 0.868. The Morgan fingerprint density at radius 3 is 2.42 bits per heavy atom. The molecule has 0 spiro atoms. The Hall–Kier alpha value is -1.37. The fraction of sp³-hybridized carbons (Fsp3) is 0.0769. The van der Waals surface area contributed by atoms with Crippen LogP contribution in [-0.4, -0.2) is 20.1 Å². The fourth-order valence-corrected chi connectivity index (χ4v) is 3.02. The standard InChI is InChI=1S/C13H11BrO4S/c1-18-12-7-6-9(8-11(12)14)10-4-2-3-5-13(10)19(15,16)17/h2-8H,1H3,(H,15,16,17). The minimum Gasteiger partial charge on any atom is -0.496 e. The number of methoxy groups -OCH3 is 1. The number of rotatable bonds is 3. The summed E-state index contributed by atoms with van der Waals surface area (Å²) in [6.07, 6.45) is 0. The van der Waals surface area contributed by atoms with Crippen LogP contribution in [0.15, 0.2) is 51.8 Å². The van der Waals surface area contributed by atoms with Gasteiger partial charge < -0.3 is 4.74 Å². The van der Waals surface area contributed by atoms with Crippen molar-refractivity contribution in [2.75, 3.05) is 7.11 Å². The molecule has 0 unspecified atom stereocenters. The van der Waals surface area contributed by atoms with Gasteiger partial charge in [0.2, 0.25) is 0 Å². The Morgan fingerprint density at radius 1 is 1.16 bits per heavy atom. The fourth-order valence-electron chi connectivity index (χ4n) is 1.76. The number of halogens is 1. The van der Waals surface area contributed by atoms with E-state index in [1.54, 1.807) is 43.5 Å². The lowest BCUT2D eigenvalue weighted by molar-refractivity contribution is 0.412. The summed E-state index contributed by atoms with van der Waals surface area (Å²) < 4.78 is 37.8. The highest BCUT2D eigenvalue weighted by atomic mass is 79.9. The molecule has 0 fully saturated rings. The van der Waals surface area contributed by atoms with E-state index in [0.29, 0.717) is 21.3 Å². The molecule has 0 saturated carbocycles. The van der Waals surface area contributed by atoms with Gasteiger partial charge in [-0.15, -0.1) is 0 Å². The van der Waals surface area contributed by atoms with Gasteiger partial charge in [0.1, 0.15) is 10.6 Å². The first-order valence-electron chi connectivity index (χ1n) is 5.34. The molecule has 0 amide bonds. The van der Waals surface area contributed by atoms with Crippen molar-refractivity contribution in [1.82, 2.24) is 0 Å². The van der Waals surface area contributed by atoms with Crippen molar-refractivity contribution in [3.05, 3.63) is 46.9 Å². The Balaban J connectivity index is 2.63. The van der Waals surface area contributed by atoms with Crippen LogP contribution in [0.2, 0.25) is 0 Å². The summed E-state index contributed by atoms with van der Waals surface area (Å²) in [4.78, 5) is -0.118. The molecule has 2 aromatic rings. The van der Waals surface area contributed by atoms with Crippen LogP contribution in [-0.2, 0) is 10.1 Å². The summed E-state index contributed by atoms with van der Waals surface area (Å²) in [6.45, 7) is 0. The first-order chi connectivity index (χ1) is 8.93. The van der Waals surface area contributed by atoms with E-state index < -0.39 is 10.1 Å². The summed E-state index contributed by atoms with van der Waals surface area (Å²) in [5.74, 6) is 0.646. The SMILES string of the molecule is COc1ccc(-c2ccccc2S(=O)(=O)O)cc1Br. The summed E-state index contributed by atoms with van der Waals surface area (Å²) in [7, 11) is -2.71. The van der Waals surface area contributed by atoms with Gasteiger partial charge in [0.15, 0.2) is 0 Å². The summed E-state index contributed by atoms with van der Waals surface area (Å²) in [5.41, 5.74) is 1.11. The second kappa shape index (κ2) is 5.32. The van der Waals surface area contributed by atoms with E-state index in [2.05, 4.69) is 15.9 Å². The van der Waals surface area contributed by atoms with Crippen LogP contribution in [0, 0.1) is 0 Å². The highest BCUT2D eigenvalue weighted by Crippen LogP contribution is 2.33. The van der Waals surface area contributed by atoms with Crippen molar-refractivity contribution in [2.45, 2.75) is 4.90 Å². The summed E-state index contributed by atoms with van der Waals surface area (Å²) in [6, 6.07) is 11.5. The minimum atomic E-state index is -4.26. The topological polar surface area (TPSA) is 63.6 Å². The van der Waals surface area contributed by atoms with Crippen LogP contribution in [0.1, 0.15) is 0 Å². The van der Waals surface area contributed by atoms with Gasteiger partial charge in [-0.1, -0.05) is 24.3 Å². The number of benzene rings is 2. The van der Waals surface area contributed by atoms with Crippen molar-refractivity contribution in [1.29, 1.82) is 0 Å². The number of hydrogen-bond acceptors (Lipinski definition) is 3. The zero-order chi connectivity index (χ0) is 14.0. The molecule has 0 heterocycles. The van der Waals surface area contributed by atoms with E-state index >= 15 is 0 Å². The van der Waals surface area contributed by atoms with E-state index in [9.17, 15) is 13.0 Å². The highest BCUT2D eigenvalue weighted by molar-refractivity contribution is 9.10. The molecule has 2 rings (SSSR count). The van der Waals surface area contributed by atoms with E-state index in [1.165, 1.54) is 6.07 Å². The van der Waals surface area contributed by atoms with E-state index in [-0.39, 0.29) is 4.90 Å². The predicted molar refractivity (Wildman–Crippen MR) is 75.9 cm³/mol. The first kappa shape index (κ1) is 14.0. The molecule has 0 bridgehead atoms. The smallest absolute Gasteiger partial charge is 0.295 e. The van der Waals surface area contributed by atoms with Crippen molar-refractivity contribution >= 4 is 26.0 Å². The van der Waals surface area contributed by atoms with Gasteiger partial charge in [0.05, 0.1) is 11.6 Å². The van der Waals surface area contributed by atoms with Gasteiger partial charge >= 0.3 is 0 Å². The highest BCUT2D eigenvalue weighted by Gasteiger charge is 2.16. The van der Waals surface area contributed by atoms with Crippen LogP contribution >= 0.6 is 15.9 Å². The normalized spacial score (nSPS) is 11.3. The van der Waals surface area contributed by atoms with Crippen molar-refractivity contribution in [2.24, 2.45) is 0 Å². The average molecular weight is 343 g/mol. The van der Waals surface area contributed by atoms with Gasteiger partial charge in [-0.3, -0.25) is 4.55 Å². The van der Waals surface area contributed by atoms with Crippen LogP contribution in [0.4, 0.5) is 0 Å². The first-order valence-corrected chi connectivity index (χ1v) is 7.57. The molecule has 19 heavy (non-hydrogen) atoms. The maximum atomic E-state index is 11.4. The number of ether oxygens (including phenoxy) is 1. The Labute approximate surface area is 119 Å². The third kappa shape index (κ3) is 2.97. The van der Waals surface area contributed by atoms with Gasteiger partial charge in [-0.25, -0.2) is 0 Å². The third-order valence-corrected chi connectivity index (χ3v) is 4.16. The van der Waals surface area contributed by atoms with E-state index in [4.69, 9.17) is 4.74 Å². The molecule has 0 aliphatic carbocycles. The Kier molecular flexibility index (Phi) is 3.93. The monoisotopic (exact) mass is 342 g/mol. The lowest BCUT2D eigenvalue weighted by Gasteiger charge is -2.09. The van der Waals surface area contributed by atoms with Crippen molar-refractivity contribution in [3.8, 4) is 16.9 Å². The minimum absolute atomic E-state index is 0.118. The van der Waals surface area contributed by atoms with Gasteiger partial charge in [-0.2, -0.15) is 8.42 Å². The van der Waals surface area contributed by atoms with Crippen LogP contribution in [0.5, 0.6) is 5.75 Å². The molecule has 0 aromatic heterocycles. The van der Waals surface area contributed by atoms with Gasteiger partial charge in [0.25, 0.3) is 10.1 Å². The maximum absolute atomic E-state index is 11.4.